The van der Waals surface area contributed by atoms with Gasteiger partial charge in [-0.05, 0) is 77.9 Å². The minimum Gasteiger partial charge on any atom is -0.497 e. The van der Waals surface area contributed by atoms with Crippen LogP contribution in [0.4, 0.5) is 11.6 Å². The van der Waals surface area contributed by atoms with Crippen molar-refractivity contribution >= 4 is 50.1 Å². The molecule has 1 N–H and O–H groups in total. The van der Waals surface area contributed by atoms with Crippen molar-refractivity contribution in [3.8, 4) is 17.0 Å². The predicted octanol–water partition coefficient (Wildman–Crippen LogP) is 8.80. The van der Waals surface area contributed by atoms with Crippen LogP contribution in [-0.2, 0) is 0 Å². The summed E-state index contributed by atoms with van der Waals surface area (Å²) < 4.78 is 6.28. The lowest BCUT2D eigenvalue weighted by Crippen LogP contribution is -2.27. The summed E-state index contributed by atoms with van der Waals surface area (Å²) in [7, 11) is 1.64. The third-order valence-electron chi connectivity index (χ3n) is 7.82. The van der Waals surface area contributed by atoms with Crippen LogP contribution in [0.25, 0.3) is 22.2 Å². The molecule has 1 aliphatic heterocycles. The minimum absolute atomic E-state index is 0.169. The normalized spacial score (nSPS) is 14.3. The number of halogens is 1. The number of methoxy groups -OCH3 is 1. The second-order valence-electron chi connectivity index (χ2n) is 10.7. The third kappa shape index (κ3) is 5.92. The van der Waals surface area contributed by atoms with E-state index in [-0.39, 0.29) is 11.9 Å². The van der Waals surface area contributed by atoms with E-state index in [1.54, 1.807) is 12.1 Å². The first kappa shape index (κ1) is 28.4. The molecule has 1 aromatic heterocycles. The van der Waals surface area contributed by atoms with Gasteiger partial charge >= 0.3 is 0 Å². The minimum atomic E-state index is -0.212. The van der Waals surface area contributed by atoms with Crippen LogP contribution in [0.5, 0.6) is 5.75 Å². The zero-order chi connectivity index (χ0) is 30.8. The SMILES string of the molecule is COc1ccc(C2=NN(C(=O)c3ccc(Nc4nc(-c5ccccc5)c5cc(Br)ccc5n4)cc3)[C@@H](c3ccccc3)C2)cc1. The van der Waals surface area contributed by atoms with Crippen LogP contribution in [-0.4, -0.2) is 33.7 Å². The van der Waals surface area contributed by atoms with Crippen LogP contribution in [0.1, 0.15) is 33.9 Å². The van der Waals surface area contributed by atoms with Gasteiger partial charge in [0.25, 0.3) is 5.91 Å². The van der Waals surface area contributed by atoms with E-state index in [9.17, 15) is 4.79 Å². The van der Waals surface area contributed by atoms with Crippen molar-refractivity contribution in [3.63, 3.8) is 0 Å². The number of fused-ring (bicyclic) bond motifs is 1. The Morgan fingerprint density at radius 2 is 1.53 bits per heavy atom. The molecule has 6 aromatic rings. The molecule has 7 nitrogen and oxygen atoms in total. The van der Waals surface area contributed by atoms with Crippen LogP contribution in [0.15, 0.2) is 137 Å². The van der Waals surface area contributed by atoms with Crippen LogP contribution in [0, 0.1) is 0 Å². The zero-order valence-electron chi connectivity index (χ0n) is 24.4. The van der Waals surface area contributed by atoms with Gasteiger partial charge in [-0.2, -0.15) is 5.10 Å². The molecule has 0 unspecified atom stereocenters. The molecule has 0 spiro atoms. The first-order chi connectivity index (χ1) is 22.1. The van der Waals surface area contributed by atoms with E-state index in [1.807, 2.05) is 127 Å². The van der Waals surface area contributed by atoms with Gasteiger partial charge in [-0.1, -0.05) is 76.6 Å². The van der Waals surface area contributed by atoms with Crippen molar-refractivity contribution in [1.82, 2.24) is 15.0 Å². The highest BCUT2D eigenvalue weighted by Crippen LogP contribution is 2.35. The second kappa shape index (κ2) is 12.3. The quantitative estimate of drug-likeness (QED) is 0.186. The van der Waals surface area contributed by atoms with Gasteiger partial charge in [-0.25, -0.2) is 15.0 Å². The highest BCUT2D eigenvalue weighted by atomic mass is 79.9. The molecule has 5 aromatic carbocycles. The number of carbonyl (C=O) groups is 1. The number of nitrogens with zero attached hydrogens (tertiary/aromatic N) is 4. The highest BCUT2D eigenvalue weighted by Gasteiger charge is 2.33. The fourth-order valence-corrected chi connectivity index (χ4v) is 5.88. The Hall–Kier alpha value is -5.34. The van der Waals surface area contributed by atoms with Gasteiger partial charge in [0, 0.05) is 33.1 Å². The molecule has 7 rings (SSSR count). The number of hydrogen-bond acceptors (Lipinski definition) is 6. The lowest BCUT2D eigenvalue weighted by molar-refractivity contribution is 0.0711. The molecule has 220 valence electrons. The van der Waals surface area contributed by atoms with Gasteiger partial charge < -0.3 is 10.1 Å². The number of aromatic nitrogens is 2. The number of anilines is 2. The molecule has 1 atom stereocenters. The Kier molecular flexibility index (Phi) is 7.80. The molecule has 0 saturated heterocycles. The molecule has 8 heteroatoms. The van der Waals surface area contributed by atoms with Gasteiger partial charge in [0.15, 0.2) is 0 Å². The van der Waals surface area contributed by atoms with Crippen LogP contribution in [0.2, 0.25) is 0 Å². The van der Waals surface area contributed by atoms with E-state index in [1.165, 1.54) is 0 Å². The standard InChI is InChI=1S/C37H28BrN5O2/c1-45-30-19-14-24(15-20-30)33-23-34(25-8-4-2-5-9-25)43(42-33)36(44)27-12-17-29(18-13-27)39-37-40-32-21-16-28(38)22-31(32)35(41-37)26-10-6-3-7-11-26/h2-22,34H,23H2,1H3,(H,39,40,41)/t34-/m1/s1. The first-order valence-corrected chi connectivity index (χ1v) is 15.4. The number of hydrogen-bond donors (Lipinski definition) is 1. The van der Waals surface area contributed by atoms with Crippen molar-refractivity contribution in [1.29, 1.82) is 0 Å². The lowest BCUT2D eigenvalue weighted by Gasteiger charge is -2.22. The van der Waals surface area contributed by atoms with Gasteiger partial charge in [-0.3, -0.25) is 4.79 Å². The van der Waals surface area contributed by atoms with Gasteiger partial charge in [0.05, 0.1) is 30.1 Å². The average molecular weight is 655 g/mol. The molecular weight excluding hydrogens is 626 g/mol. The number of nitrogens with one attached hydrogen (secondary N) is 1. The summed E-state index contributed by atoms with van der Waals surface area (Å²) in [6, 6.07) is 41.0. The number of amides is 1. The molecule has 1 aliphatic rings. The molecule has 2 heterocycles. The average Bonchev–Trinajstić information content (AvgIpc) is 3.55. The number of ether oxygens (including phenoxy) is 1. The summed E-state index contributed by atoms with van der Waals surface area (Å²) in [6.07, 6.45) is 0.612. The smallest absolute Gasteiger partial charge is 0.274 e. The number of benzene rings is 5. The fourth-order valence-electron chi connectivity index (χ4n) is 5.52. The Bertz CT molecular complexity index is 2020. The largest absolute Gasteiger partial charge is 0.497 e. The van der Waals surface area contributed by atoms with Crippen molar-refractivity contribution in [2.45, 2.75) is 12.5 Å². The van der Waals surface area contributed by atoms with Gasteiger partial charge in [0.1, 0.15) is 5.75 Å². The van der Waals surface area contributed by atoms with E-state index in [0.29, 0.717) is 17.9 Å². The molecule has 1 amide bonds. The van der Waals surface area contributed by atoms with E-state index in [2.05, 4.69) is 21.2 Å². The summed E-state index contributed by atoms with van der Waals surface area (Å²) in [5.74, 6) is 1.08. The topological polar surface area (TPSA) is 79.7 Å². The van der Waals surface area contributed by atoms with Crippen LogP contribution < -0.4 is 10.1 Å². The third-order valence-corrected chi connectivity index (χ3v) is 8.31. The molecule has 0 saturated carbocycles. The van der Waals surface area contributed by atoms with Crippen molar-refractivity contribution < 1.29 is 9.53 Å². The molecule has 0 aliphatic carbocycles. The molecule has 0 radical (unpaired) electrons. The van der Waals surface area contributed by atoms with E-state index >= 15 is 0 Å². The Balaban J connectivity index is 1.17. The Morgan fingerprint density at radius 3 is 2.24 bits per heavy atom. The van der Waals surface area contributed by atoms with Crippen molar-refractivity contribution in [2.24, 2.45) is 5.10 Å². The lowest BCUT2D eigenvalue weighted by atomic mass is 9.98. The maximum absolute atomic E-state index is 13.9. The second-order valence-corrected chi connectivity index (χ2v) is 11.6. The van der Waals surface area contributed by atoms with E-state index < -0.39 is 0 Å². The molecule has 45 heavy (non-hydrogen) atoms. The molecule has 0 bridgehead atoms. The number of rotatable bonds is 7. The summed E-state index contributed by atoms with van der Waals surface area (Å²) in [5.41, 5.74) is 6.82. The Morgan fingerprint density at radius 1 is 0.822 bits per heavy atom. The summed E-state index contributed by atoms with van der Waals surface area (Å²) >= 11 is 3.58. The van der Waals surface area contributed by atoms with Gasteiger partial charge in [-0.15, -0.1) is 0 Å². The number of hydrazone groups is 1. The van der Waals surface area contributed by atoms with E-state index in [0.717, 1.165) is 54.9 Å². The maximum atomic E-state index is 13.9. The monoisotopic (exact) mass is 653 g/mol. The van der Waals surface area contributed by atoms with Crippen LogP contribution >= 0.6 is 15.9 Å². The zero-order valence-corrected chi connectivity index (χ0v) is 26.0. The fraction of sp³-hybridized carbons (Fsp3) is 0.0811. The summed E-state index contributed by atoms with van der Waals surface area (Å²) in [5, 5.41) is 10.7. The van der Waals surface area contributed by atoms with Crippen molar-refractivity contribution in [3.05, 3.63) is 149 Å². The molecular formula is C37H28BrN5O2. The summed E-state index contributed by atoms with van der Waals surface area (Å²) in [4.78, 5) is 23.5. The van der Waals surface area contributed by atoms with E-state index in [4.69, 9.17) is 19.8 Å². The maximum Gasteiger partial charge on any atom is 0.274 e. The van der Waals surface area contributed by atoms with Crippen molar-refractivity contribution in [2.75, 3.05) is 12.4 Å². The summed E-state index contributed by atoms with van der Waals surface area (Å²) in [6.45, 7) is 0. The molecule has 0 fully saturated rings. The van der Waals surface area contributed by atoms with Gasteiger partial charge in [0.2, 0.25) is 5.95 Å². The predicted molar refractivity (Wildman–Crippen MR) is 182 cm³/mol. The first-order valence-electron chi connectivity index (χ1n) is 14.6. The van der Waals surface area contributed by atoms with Crippen LogP contribution in [0.3, 0.4) is 0 Å². The Labute approximate surface area is 269 Å². The number of carbonyl (C=O) groups excluding carboxylic acids is 1. The highest BCUT2D eigenvalue weighted by molar-refractivity contribution is 9.10.